The highest BCUT2D eigenvalue weighted by atomic mass is 32.2. The van der Waals surface area contributed by atoms with Crippen molar-refractivity contribution in [1.82, 2.24) is 9.21 Å². The van der Waals surface area contributed by atoms with E-state index in [0.717, 1.165) is 0 Å². The van der Waals surface area contributed by atoms with E-state index in [1.54, 1.807) is 13.0 Å². The minimum Gasteiger partial charge on any atom is -0.479 e. The van der Waals surface area contributed by atoms with E-state index in [1.165, 1.54) is 45.6 Å². The van der Waals surface area contributed by atoms with Crippen molar-refractivity contribution in [3.63, 3.8) is 0 Å². The van der Waals surface area contributed by atoms with Crippen LogP contribution in [-0.4, -0.2) is 61.7 Å². The number of anilines is 1. The zero-order valence-corrected chi connectivity index (χ0v) is 17.0. The van der Waals surface area contributed by atoms with Gasteiger partial charge in [-0.1, -0.05) is 12.1 Å². The molecule has 158 valence electrons. The molecule has 0 aromatic heterocycles. The molecule has 0 unspecified atom stereocenters. The largest absolute Gasteiger partial charge is 0.479 e. The predicted octanol–water partition coefficient (Wildman–Crippen LogP) is 1.69. The zero-order chi connectivity index (χ0) is 21.5. The van der Waals surface area contributed by atoms with Crippen LogP contribution in [0.4, 0.5) is 10.1 Å². The molecule has 0 saturated carbocycles. The second-order valence-electron chi connectivity index (χ2n) is 7.08. The molecular weight excluding hydrogens is 413 g/mol. The topological polar surface area (TPSA) is 96.0 Å². The molecule has 1 fully saturated rings. The van der Waals surface area contributed by atoms with Crippen LogP contribution in [0.25, 0.3) is 0 Å². The maximum atomic E-state index is 13.9. The standard InChI is InChI=1S/C20H20FN3O5S/c1-13-19(25)22-17-12-14(6-7-18(17)29-13)30(27,28)24-10-8-23(9-11-24)20(26)15-4-2-3-5-16(15)21/h2-7,12-13H,8-11H2,1H3,(H,22,25)/t13-/m0/s1. The molecule has 30 heavy (non-hydrogen) atoms. The number of nitrogens with one attached hydrogen (secondary N) is 1. The molecule has 1 N–H and O–H groups in total. The minimum absolute atomic E-state index is 0.0218. The van der Waals surface area contributed by atoms with Crippen molar-refractivity contribution in [1.29, 1.82) is 0 Å². The van der Waals surface area contributed by atoms with E-state index >= 15 is 0 Å². The molecule has 2 aromatic rings. The Balaban J connectivity index is 1.48. The molecule has 1 saturated heterocycles. The summed E-state index contributed by atoms with van der Waals surface area (Å²) in [4.78, 5) is 25.8. The van der Waals surface area contributed by atoms with E-state index in [-0.39, 0.29) is 42.5 Å². The first-order chi connectivity index (χ1) is 14.3. The highest BCUT2D eigenvalue weighted by Gasteiger charge is 2.32. The predicted molar refractivity (Wildman–Crippen MR) is 106 cm³/mol. The number of carbonyl (C=O) groups excluding carboxylic acids is 2. The van der Waals surface area contributed by atoms with Crippen molar-refractivity contribution in [3.05, 3.63) is 53.8 Å². The first-order valence-electron chi connectivity index (χ1n) is 9.43. The van der Waals surface area contributed by atoms with Crippen LogP contribution in [-0.2, 0) is 14.8 Å². The number of amides is 2. The van der Waals surface area contributed by atoms with Crippen molar-refractivity contribution in [2.45, 2.75) is 17.9 Å². The molecule has 2 aliphatic rings. The van der Waals surface area contributed by atoms with Crippen molar-refractivity contribution >= 4 is 27.5 Å². The van der Waals surface area contributed by atoms with Crippen LogP contribution in [0, 0.1) is 5.82 Å². The maximum Gasteiger partial charge on any atom is 0.265 e. The van der Waals surface area contributed by atoms with Gasteiger partial charge in [0.2, 0.25) is 10.0 Å². The first-order valence-corrected chi connectivity index (χ1v) is 10.9. The Morgan fingerprint density at radius 3 is 2.53 bits per heavy atom. The van der Waals surface area contributed by atoms with E-state index in [0.29, 0.717) is 11.4 Å². The fraction of sp³-hybridized carbons (Fsp3) is 0.300. The van der Waals surface area contributed by atoms with Gasteiger partial charge in [-0.25, -0.2) is 12.8 Å². The Morgan fingerprint density at radius 1 is 1.13 bits per heavy atom. The van der Waals surface area contributed by atoms with Gasteiger partial charge in [0, 0.05) is 26.2 Å². The van der Waals surface area contributed by atoms with E-state index < -0.39 is 27.9 Å². The molecule has 2 heterocycles. The molecule has 2 aliphatic heterocycles. The van der Waals surface area contributed by atoms with Gasteiger partial charge in [0.1, 0.15) is 11.6 Å². The number of halogens is 1. The normalized spacial score (nSPS) is 19.6. The Morgan fingerprint density at radius 2 is 1.83 bits per heavy atom. The molecule has 4 rings (SSSR count). The Hall–Kier alpha value is -2.98. The van der Waals surface area contributed by atoms with Crippen LogP contribution in [0.3, 0.4) is 0 Å². The number of carbonyl (C=O) groups is 2. The zero-order valence-electron chi connectivity index (χ0n) is 16.2. The number of fused-ring (bicyclic) bond motifs is 1. The summed E-state index contributed by atoms with van der Waals surface area (Å²) in [5, 5.41) is 2.64. The molecule has 0 aliphatic carbocycles. The lowest BCUT2D eigenvalue weighted by Gasteiger charge is -2.34. The summed E-state index contributed by atoms with van der Waals surface area (Å²) >= 11 is 0. The molecule has 0 spiro atoms. The second kappa shape index (κ2) is 7.69. The second-order valence-corrected chi connectivity index (χ2v) is 9.02. The number of piperazine rings is 1. The molecule has 2 amide bonds. The summed E-state index contributed by atoms with van der Waals surface area (Å²) in [6.45, 7) is 2.06. The molecule has 10 heteroatoms. The van der Waals surface area contributed by atoms with Crippen LogP contribution in [0.2, 0.25) is 0 Å². The van der Waals surface area contributed by atoms with Crippen molar-refractivity contribution in [3.8, 4) is 5.75 Å². The van der Waals surface area contributed by atoms with Crippen LogP contribution < -0.4 is 10.1 Å². The van der Waals surface area contributed by atoms with Gasteiger partial charge in [-0.3, -0.25) is 9.59 Å². The van der Waals surface area contributed by atoms with Gasteiger partial charge in [0.25, 0.3) is 11.8 Å². The minimum atomic E-state index is -3.83. The van der Waals surface area contributed by atoms with Crippen molar-refractivity contribution in [2.75, 3.05) is 31.5 Å². The third-order valence-corrected chi connectivity index (χ3v) is 7.04. The Kier molecular flexibility index (Phi) is 5.20. The highest BCUT2D eigenvalue weighted by Crippen LogP contribution is 2.33. The van der Waals surface area contributed by atoms with Crippen molar-refractivity contribution in [2.24, 2.45) is 0 Å². The van der Waals surface area contributed by atoms with Crippen LogP contribution in [0.5, 0.6) is 5.75 Å². The Labute approximate surface area is 173 Å². The molecule has 0 radical (unpaired) electrons. The van der Waals surface area contributed by atoms with E-state index in [9.17, 15) is 22.4 Å². The monoisotopic (exact) mass is 433 g/mol. The molecular formula is C20H20FN3O5S. The summed E-state index contributed by atoms with van der Waals surface area (Å²) in [5.74, 6) is -1.02. The third-order valence-electron chi connectivity index (χ3n) is 5.15. The fourth-order valence-electron chi connectivity index (χ4n) is 3.43. The lowest BCUT2D eigenvalue weighted by Crippen LogP contribution is -2.50. The number of hydrogen-bond donors (Lipinski definition) is 1. The first kappa shape index (κ1) is 20.3. The Bertz CT molecular complexity index is 1110. The average Bonchev–Trinajstić information content (AvgIpc) is 2.74. The quantitative estimate of drug-likeness (QED) is 0.795. The molecule has 8 nitrogen and oxygen atoms in total. The van der Waals surface area contributed by atoms with Crippen LogP contribution >= 0.6 is 0 Å². The van der Waals surface area contributed by atoms with Gasteiger partial charge in [0.15, 0.2) is 6.10 Å². The summed E-state index contributed by atoms with van der Waals surface area (Å²) in [6.07, 6.45) is -0.653. The summed E-state index contributed by atoms with van der Waals surface area (Å²) in [6, 6.07) is 10.0. The van der Waals surface area contributed by atoms with E-state index in [4.69, 9.17) is 4.74 Å². The number of ether oxygens (including phenoxy) is 1. The van der Waals surface area contributed by atoms with Gasteiger partial charge in [-0.2, -0.15) is 4.31 Å². The van der Waals surface area contributed by atoms with E-state index in [1.807, 2.05) is 0 Å². The fourth-order valence-corrected chi connectivity index (χ4v) is 4.88. The molecule has 1 atom stereocenters. The van der Waals surface area contributed by atoms with Gasteiger partial charge >= 0.3 is 0 Å². The van der Waals surface area contributed by atoms with Gasteiger partial charge in [0.05, 0.1) is 16.1 Å². The summed E-state index contributed by atoms with van der Waals surface area (Å²) in [5.41, 5.74) is 0.265. The van der Waals surface area contributed by atoms with Crippen molar-refractivity contribution < 1.29 is 27.1 Å². The average molecular weight is 433 g/mol. The molecule has 2 aromatic carbocycles. The van der Waals surface area contributed by atoms with Gasteiger partial charge in [-0.15, -0.1) is 0 Å². The number of hydrogen-bond acceptors (Lipinski definition) is 5. The maximum absolute atomic E-state index is 13.9. The van der Waals surface area contributed by atoms with Crippen LogP contribution in [0.15, 0.2) is 47.4 Å². The van der Waals surface area contributed by atoms with Gasteiger partial charge in [-0.05, 0) is 37.3 Å². The van der Waals surface area contributed by atoms with Crippen LogP contribution in [0.1, 0.15) is 17.3 Å². The lowest BCUT2D eigenvalue weighted by molar-refractivity contribution is -0.122. The third kappa shape index (κ3) is 3.63. The van der Waals surface area contributed by atoms with E-state index in [2.05, 4.69) is 5.32 Å². The SMILES string of the molecule is C[C@@H]1Oc2ccc(S(=O)(=O)N3CCN(C(=O)c4ccccc4F)CC3)cc2NC1=O. The number of benzene rings is 2. The molecule has 0 bridgehead atoms. The number of rotatable bonds is 3. The summed E-state index contributed by atoms with van der Waals surface area (Å²) in [7, 11) is -3.83. The lowest BCUT2D eigenvalue weighted by atomic mass is 10.1. The smallest absolute Gasteiger partial charge is 0.265 e. The van der Waals surface area contributed by atoms with Gasteiger partial charge < -0.3 is 15.0 Å². The number of sulfonamides is 1. The number of nitrogens with zero attached hydrogens (tertiary/aromatic N) is 2. The highest BCUT2D eigenvalue weighted by molar-refractivity contribution is 7.89. The summed E-state index contributed by atoms with van der Waals surface area (Å²) < 4.78 is 46.7.